The number of nitrogens with zero attached hydrogens (tertiary/aromatic N) is 1. The summed E-state index contributed by atoms with van der Waals surface area (Å²) in [5.74, 6) is 0.982. The third kappa shape index (κ3) is 3.53. The predicted octanol–water partition coefficient (Wildman–Crippen LogP) is 2.59. The fraction of sp³-hybridized carbons (Fsp3) is 0.533. The quantitative estimate of drug-likeness (QED) is 0.650. The zero-order valence-electron chi connectivity index (χ0n) is 11.6. The van der Waals surface area contributed by atoms with Crippen molar-refractivity contribution in [3.8, 4) is 0 Å². The van der Waals surface area contributed by atoms with E-state index in [1.54, 1.807) is 12.1 Å². The smallest absolute Gasteiger partial charge is 0.128 e. The molecule has 0 spiro atoms. The molecule has 0 aliphatic carbocycles. The van der Waals surface area contributed by atoms with Crippen molar-refractivity contribution in [2.75, 3.05) is 13.1 Å². The van der Waals surface area contributed by atoms with Crippen molar-refractivity contribution in [2.24, 2.45) is 17.6 Å². The van der Waals surface area contributed by atoms with E-state index in [0.29, 0.717) is 29.5 Å². The third-order valence-corrected chi connectivity index (χ3v) is 3.70. The van der Waals surface area contributed by atoms with Gasteiger partial charge < -0.3 is 5.73 Å². The second kappa shape index (κ2) is 5.70. The third-order valence-electron chi connectivity index (χ3n) is 3.70. The first-order valence-electron chi connectivity index (χ1n) is 6.81. The van der Waals surface area contributed by atoms with Gasteiger partial charge in [-0.05, 0) is 24.3 Å². The van der Waals surface area contributed by atoms with E-state index in [0.717, 1.165) is 13.1 Å². The van der Waals surface area contributed by atoms with Gasteiger partial charge in [0.1, 0.15) is 11.7 Å². The number of piperidine rings is 1. The molecule has 19 heavy (non-hydrogen) atoms. The van der Waals surface area contributed by atoms with Gasteiger partial charge in [0.25, 0.3) is 0 Å². The molecule has 2 unspecified atom stereocenters. The number of hydrogen-bond acceptors (Lipinski definition) is 2. The van der Waals surface area contributed by atoms with Crippen molar-refractivity contribution in [1.82, 2.24) is 4.90 Å². The van der Waals surface area contributed by atoms with Crippen LogP contribution in [0.1, 0.15) is 31.4 Å². The number of nitrogens with two attached hydrogens (primary N) is 1. The Balaban J connectivity index is 2.08. The van der Waals surface area contributed by atoms with Crippen molar-refractivity contribution in [3.05, 3.63) is 35.1 Å². The summed E-state index contributed by atoms with van der Waals surface area (Å²) >= 11 is 0. The molecule has 4 heteroatoms. The van der Waals surface area contributed by atoms with Crippen LogP contribution in [-0.4, -0.2) is 23.8 Å². The van der Waals surface area contributed by atoms with E-state index in [4.69, 9.17) is 11.1 Å². The van der Waals surface area contributed by atoms with E-state index in [-0.39, 0.29) is 11.7 Å². The monoisotopic (exact) mass is 263 g/mol. The highest BCUT2D eigenvalue weighted by Gasteiger charge is 2.22. The van der Waals surface area contributed by atoms with Crippen LogP contribution < -0.4 is 5.73 Å². The molecule has 104 valence electrons. The first-order valence-corrected chi connectivity index (χ1v) is 6.81. The molecular weight excluding hydrogens is 241 g/mol. The first-order chi connectivity index (χ1) is 8.95. The Bertz CT molecular complexity index is 462. The van der Waals surface area contributed by atoms with Crippen molar-refractivity contribution in [2.45, 2.75) is 26.8 Å². The molecule has 2 rings (SSSR count). The largest absolute Gasteiger partial charge is 0.384 e. The minimum absolute atomic E-state index is 0.0920. The lowest BCUT2D eigenvalue weighted by molar-refractivity contribution is 0.133. The maximum absolute atomic E-state index is 14.0. The lowest BCUT2D eigenvalue weighted by Gasteiger charge is -2.35. The zero-order valence-corrected chi connectivity index (χ0v) is 11.6. The summed E-state index contributed by atoms with van der Waals surface area (Å²) in [4.78, 5) is 2.31. The maximum atomic E-state index is 14.0. The highest BCUT2D eigenvalue weighted by atomic mass is 19.1. The van der Waals surface area contributed by atoms with Gasteiger partial charge >= 0.3 is 0 Å². The molecule has 1 aromatic rings. The molecule has 1 saturated heterocycles. The summed E-state index contributed by atoms with van der Waals surface area (Å²) in [5.41, 5.74) is 6.49. The number of nitrogen functional groups attached to an aromatic ring is 1. The lowest BCUT2D eigenvalue weighted by atomic mass is 9.91. The van der Waals surface area contributed by atoms with Gasteiger partial charge in [-0.15, -0.1) is 0 Å². The predicted molar refractivity (Wildman–Crippen MR) is 75.6 cm³/mol. The summed E-state index contributed by atoms with van der Waals surface area (Å²) in [5, 5.41) is 7.31. The highest BCUT2D eigenvalue weighted by Crippen LogP contribution is 2.23. The van der Waals surface area contributed by atoms with Gasteiger partial charge in [-0.3, -0.25) is 10.3 Å². The van der Waals surface area contributed by atoms with E-state index in [2.05, 4.69) is 18.7 Å². The molecule has 0 amide bonds. The van der Waals surface area contributed by atoms with Gasteiger partial charge in [-0.1, -0.05) is 26.0 Å². The van der Waals surface area contributed by atoms with Crippen LogP contribution in [0.4, 0.5) is 4.39 Å². The highest BCUT2D eigenvalue weighted by molar-refractivity contribution is 5.94. The summed E-state index contributed by atoms with van der Waals surface area (Å²) in [6.45, 7) is 7.19. The van der Waals surface area contributed by atoms with Crippen molar-refractivity contribution >= 4 is 5.84 Å². The number of amidine groups is 1. The Morgan fingerprint density at radius 1 is 1.37 bits per heavy atom. The summed E-state index contributed by atoms with van der Waals surface area (Å²) in [6.07, 6.45) is 1.25. The van der Waals surface area contributed by atoms with Crippen LogP contribution in [0.15, 0.2) is 18.2 Å². The standard InChI is InChI=1S/C15H22FN3/c1-10-5-11(2)8-19(7-10)9-13-4-3-12(15(17)18)6-14(13)16/h3-4,6,10-11H,5,7-9H2,1-2H3,(H3,17,18). The minimum atomic E-state index is -0.265. The van der Waals surface area contributed by atoms with Gasteiger partial charge in [0.15, 0.2) is 0 Å². The van der Waals surface area contributed by atoms with Crippen LogP contribution in [0.5, 0.6) is 0 Å². The molecule has 3 nitrogen and oxygen atoms in total. The van der Waals surface area contributed by atoms with Crippen LogP contribution in [-0.2, 0) is 6.54 Å². The molecule has 1 aliphatic rings. The topological polar surface area (TPSA) is 53.1 Å². The molecule has 2 atom stereocenters. The number of hydrogen-bond donors (Lipinski definition) is 2. The van der Waals surface area contributed by atoms with Crippen molar-refractivity contribution in [1.29, 1.82) is 5.41 Å². The van der Waals surface area contributed by atoms with Gasteiger partial charge in [-0.2, -0.15) is 0 Å². The molecule has 1 aromatic carbocycles. The fourth-order valence-electron chi connectivity index (χ4n) is 3.01. The Hall–Kier alpha value is -1.42. The summed E-state index contributed by atoms with van der Waals surface area (Å²) in [7, 11) is 0. The van der Waals surface area contributed by atoms with E-state index in [1.807, 2.05) is 0 Å². The molecule has 0 radical (unpaired) electrons. The second-order valence-corrected chi connectivity index (χ2v) is 5.86. The average Bonchev–Trinajstić information content (AvgIpc) is 2.30. The molecule has 0 bridgehead atoms. The maximum Gasteiger partial charge on any atom is 0.128 e. The van der Waals surface area contributed by atoms with E-state index in [9.17, 15) is 4.39 Å². The fourth-order valence-corrected chi connectivity index (χ4v) is 3.01. The molecule has 0 aromatic heterocycles. The van der Waals surface area contributed by atoms with Gasteiger partial charge in [0.2, 0.25) is 0 Å². The molecular formula is C15H22FN3. The Kier molecular flexibility index (Phi) is 4.20. The molecule has 0 saturated carbocycles. The van der Waals surface area contributed by atoms with Crippen LogP contribution in [0.2, 0.25) is 0 Å². The van der Waals surface area contributed by atoms with E-state index in [1.165, 1.54) is 12.5 Å². The number of benzene rings is 1. The average molecular weight is 263 g/mol. The number of halogens is 1. The zero-order chi connectivity index (χ0) is 14.0. The molecule has 1 aliphatic heterocycles. The Morgan fingerprint density at radius 2 is 2.00 bits per heavy atom. The van der Waals surface area contributed by atoms with Crippen LogP contribution >= 0.6 is 0 Å². The first kappa shape index (κ1) is 14.0. The van der Waals surface area contributed by atoms with Gasteiger partial charge in [-0.25, -0.2) is 4.39 Å². The second-order valence-electron chi connectivity index (χ2n) is 5.86. The Morgan fingerprint density at radius 3 is 2.53 bits per heavy atom. The molecule has 1 fully saturated rings. The number of likely N-dealkylation sites (tertiary alicyclic amines) is 1. The summed E-state index contributed by atoms with van der Waals surface area (Å²) < 4.78 is 14.0. The van der Waals surface area contributed by atoms with Crippen molar-refractivity contribution < 1.29 is 4.39 Å². The molecule has 1 heterocycles. The Labute approximate surface area is 114 Å². The van der Waals surface area contributed by atoms with Crippen LogP contribution in [0.25, 0.3) is 0 Å². The number of rotatable bonds is 3. The summed E-state index contributed by atoms with van der Waals surface area (Å²) in [6, 6.07) is 4.82. The minimum Gasteiger partial charge on any atom is -0.384 e. The van der Waals surface area contributed by atoms with Crippen molar-refractivity contribution in [3.63, 3.8) is 0 Å². The number of nitrogens with one attached hydrogen (secondary N) is 1. The van der Waals surface area contributed by atoms with Gasteiger partial charge in [0, 0.05) is 30.8 Å². The van der Waals surface area contributed by atoms with E-state index >= 15 is 0 Å². The van der Waals surface area contributed by atoms with E-state index < -0.39 is 0 Å². The van der Waals surface area contributed by atoms with Gasteiger partial charge in [0.05, 0.1) is 0 Å². The molecule has 3 N–H and O–H groups in total. The lowest BCUT2D eigenvalue weighted by Crippen LogP contribution is -2.38. The SMILES string of the molecule is CC1CC(C)CN(Cc2ccc(C(=N)N)cc2F)C1. The normalized spacial score (nSPS) is 24.4. The van der Waals surface area contributed by atoms with Crippen LogP contribution in [0.3, 0.4) is 0 Å². The van der Waals surface area contributed by atoms with Crippen LogP contribution in [0, 0.1) is 23.1 Å².